The van der Waals surface area contributed by atoms with Gasteiger partial charge in [-0.15, -0.1) is 4.91 Å². The molecule has 0 unspecified atom stereocenters. The van der Waals surface area contributed by atoms with Crippen LogP contribution in [0.5, 0.6) is 0 Å². The fraction of sp³-hybridized carbons (Fsp3) is 0.571. The maximum absolute atomic E-state index is 10.9. The lowest BCUT2D eigenvalue weighted by Crippen LogP contribution is -2.10. The highest BCUT2D eigenvalue weighted by atomic mass is 16.5. The van der Waals surface area contributed by atoms with Gasteiger partial charge in [0, 0.05) is 20.3 Å². The second-order valence-electron chi connectivity index (χ2n) is 2.29. The third-order valence-corrected chi connectivity index (χ3v) is 0.963. The molecule has 0 heterocycles. The SMILES string of the molecule is CCOC(=O)/C(=C/N(C)C)N=O. The molecule has 0 fully saturated rings. The molecular formula is C7H12N2O3. The third kappa shape index (κ3) is 3.70. The Balaban J connectivity index is 4.34. The second kappa shape index (κ2) is 5.29. The minimum absolute atomic E-state index is 0.221. The molecule has 0 aromatic rings. The summed E-state index contributed by atoms with van der Waals surface area (Å²) in [5.41, 5.74) is -0.221. The Morgan fingerprint density at radius 3 is 2.50 bits per heavy atom. The molecular weight excluding hydrogens is 160 g/mol. The molecule has 0 aliphatic carbocycles. The van der Waals surface area contributed by atoms with Gasteiger partial charge in [0.15, 0.2) is 0 Å². The highest BCUT2D eigenvalue weighted by Gasteiger charge is 2.10. The second-order valence-corrected chi connectivity index (χ2v) is 2.29. The van der Waals surface area contributed by atoms with Crippen LogP contribution in [0, 0.1) is 4.91 Å². The molecule has 0 aromatic carbocycles. The molecule has 68 valence electrons. The van der Waals surface area contributed by atoms with Gasteiger partial charge >= 0.3 is 5.97 Å². The predicted molar refractivity (Wildman–Crippen MR) is 44.2 cm³/mol. The van der Waals surface area contributed by atoms with Crippen LogP contribution in [0.2, 0.25) is 0 Å². The molecule has 0 atom stereocenters. The molecule has 5 heteroatoms. The summed E-state index contributed by atoms with van der Waals surface area (Å²) in [6.45, 7) is 1.90. The Kier molecular flexibility index (Phi) is 4.67. The molecule has 0 rings (SSSR count). The number of carbonyl (C=O) groups is 1. The van der Waals surface area contributed by atoms with Gasteiger partial charge in [0.05, 0.1) is 6.61 Å². The van der Waals surface area contributed by atoms with E-state index in [2.05, 4.69) is 9.91 Å². The van der Waals surface area contributed by atoms with E-state index >= 15 is 0 Å². The van der Waals surface area contributed by atoms with Crippen LogP contribution in [0.3, 0.4) is 0 Å². The molecule has 0 radical (unpaired) electrons. The van der Waals surface area contributed by atoms with Crippen LogP contribution in [0.1, 0.15) is 6.92 Å². The maximum atomic E-state index is 10.9. The van der Waals surface area contributed by atoms with Crippen molar-refractivity contribution in [3.63, 3.8) is 0 Å². The van der Waals surface area contributed by atoms with Crippen LogP contribution in [-0.4, -0.2) is 31.6 Å². The molecule has 0 amide bonds. The molecule has 0 spiro atoms. The Labute approximate surface area is 71.0 Å². The first-order valence-electron chi connectivity index (χ1n) is 3.50. The van der Waals surface area contributed by atoms with Crippen LogP contribution in [-0.2, 0) is 9.53 Å². The maximum Gasteiger partial charge on any atom is 0.362 e. The van der Waals surface area contributed by atoms with Gasteiger partial charge in [-0.1, -0.05) is 0 Å². The van der Waals surface area contributed by atoms with Gasteiger partial charge in [0.1, 0.15) is 0 Å². The van der Waals surface area contributed by atoms with Gasteiger partial charge in [-0.3, -0.25) is 0 Å². The normalized spacial score (nSPS) is 10.8. The molecule has 0 aliphatic rings. The molecule has 0 aliphatic heterocycles. The van der Waals surface area contributed by atoms with E-state index in [1.165, 1.54) is 6.20 Å². The van der Waals surface area contributed by atoms with Gasteiger partial charge in [-0.05, 0) is 12.1 Å². The topological polar surface area (TPSA) is 59.0 Å². The lowest BCUT2D eigenvalue weighted by Gasteiger charge is -2.05. The van der Waals surface area contributed by atoms with E-state index < -0.39 is 5.97 Å². The van der Waals surface area contributed by atoms with Crippen molar-refractivity contribution >= 4 is 5.97 Å². The number of esters is 1. The first-order valence-corrected chi connectivity index (χ1v) is 3.50. The number of carbonyl (C=O) groups excluding carboxylic acids is 1. The fourth-order valence-electron chi connectivity index (χ4n) is 0.563. The smallest absolute Gasteiger partial charge is 0.362 e. The number of nitrogens with zero attached hydrogens (tertiary/aromatic N) is 2. The van der Waals surface area contributed by atoms with Gasteiger partial charge in [0.25, 0.3) is 0 Å². The molecule has 12 heavy (non-hydrogen) atoms. The van der Waals surface area contributed by atoms with Gasteiger partial charge in [-0.2, -0.15) is 0 Å². The summed E-state index contributed by atoms with van der Waals surface area (Å²) in [6, 6.07) is 0. The Morgan fingerprint density at radius 2 is 2.17 bits per heavy atom. The first kappa shape index (κ1) is 10.6. The van der Waals surface area contributed by atoms with Crippen molar-refractivity contribution in [2.75, 3.05) is 20.7 Å². The molecule has 0 aromatic heterocycles. The molecule has 0 N–H and O–H groups in total. The van der Waals surface area contributed by atoms with Crippen molar-refractivity contribution in [2.24, 2.45) is 5.18 Å². The summed E-state index contributed by atoms with van der Waals surface area (Å²) >= 11 is 0. The highest BCUT2D eigenvalue weighted by Crippen LogP contribution is 2.00. The highest BCUT2D eigenvalue weighted by molar-refractivity contribution is 5.87. The summed E-state index contributed by atoms with van der Waals surface area (Å²) in [4.78, 5) is 22.6. The van der Waals surface area contributed by atoms with Crippen molar-refractivity contribution in [2.45, 2.75) is 6.92 Å². The van der Waals surface area contributed by atoms with Gasteiger partial charge in [-0.25, -0.2) is 4.79 Å². The van der Waals surface area contributed by atoms with E-state index in [9.17, 15) is 9.70 Å². The van der Waals surface area contributed by atoms with Crippen LogP contribution in [0.15, 0.2) is 17.1 Å². The lowest BCUT2D eigenvalue weighted by molar-refractivity contribution is -0.138. The summed E-state index contributed by atoms with van der Waals surface area (Å²) in [5, 5.41) is 2.54. The van der Waals surface area contributed by atoms with Crippen LogP contribution in [0.4, 0.5) is 0 Å². The zero-order valence-electron chi connectivity index (χ0n) is 7.40. The summed E-state index contributed by atoms with van der Waals surface area (Å²) in [7, 11) is 3.37. The quantitative estimate of drug-likeness (QED) is 0.356. The number of hydrogen-bond donors (Lipinski definition) is 0. The monoisotopic (exact) mass is 172 g/mol. The number of nitroso groups, excluding NO2 is 1. The average molecular weight is 172 g/mol. The van der Waals surface area contributed by atoms with E-state index in [-0.39, 0.29) is 12.3 Å². The van der Waals surface area contributed by atoms with Crippen LogP contribution >= 0.6 is 0 Å². The summed E-state index contributed by atoms with van der Waals surface area (Å²) in [6.07, 6.45) is 1.31. The van der Waals surface area contributed by atoms with E-state index in [0.29, 0.717) is 0 Å². The minimum Gasteiger partial charge on any atom is -0.461 e. The van der Waals surface area contributed by atoms with Gasteiger partial charge in [0.2, 0.25) is 5.70 Å². The molecule has 0 saturated carbocycles. The van der Waals surface area contributed by atoms with Crippen molar-refractivity contribution in [3.8, 4) is 0 Å². The minimum atomic E-state index is -0.693. The first-order chi connectivity index (χ1) is 5.61. The fourth-order valence-corrected chi connectivity index (χ4v) is 0.563. The number of ether oxygens (including phenoxy) is 1. The Bertz CT molecular complexity index is 199. The largest absolute Gasteiger partial charge is 0.461 e. The number of rotatable bonds is 4. The summed E-state index contributed by atoms with van der Waals surface area (Å²) in [5.74, 6) is -0.693. The molecule has 5 nitrogen and oxygen atoms in total. The Hall–Kier alpha value is -1.39. The van der Waals surface area contributed by atoms with Crippen molar-refractivity contribution in [1.82, 2.24) is 4.90 Å². The Morgan fingerprint density at radius 1 is 1.58 bits per heavy atom. The van der Waals surface area contributed by atoms with Crippen LogP contribution in [0.25, 0.3) is 0 Å². The van der Waals surface area contributed by atoms with Crippen molar-refractivity contribution < 1.29 is 9.53 Å². The molecule has 0 saturated heterocycles. The van der Waals surface area contributed by atoms with E-state index in [4.69, 9.17) is 0 Å². The summed E-state index contributed by atoms with van der Waals surface area (Å²) < 4.78 is 4.57. The van der Waals surface area contributed by atoms with E-state index in [0.717, 1.165) is 0 Å². The number of hydrogen-bond acceptors (Lipinski definition) is 5. The van der Waals surface area contributed by atoms with Crippen LogP contribution < -0.4 is 0 Å². The zero-order chi connectivity index (χ0) is 9.56. The average Bonchev–Trinajstić information content (AvgIpc) is 2.00. The predicted octanol–water partition coefficient (Wildman–Crippen LogP) is 0.719. The van der Waals surface area contributed by atoms with Crippen molar-refractivity contribution in [1.29, 1.82) is 0 Å². The third-order valence-electron chi connectivity index (χ3n) is 0.963. The van der Waals surface area contributed by atoms with E-state index in [1.54, 1.807) is 25.9 Å². The molecule has 0 bridgehead atoms. The lowest BCUT2D eigenvalue weighted by atomic mass is 10.5. The zero-order valence-corrected chi connectivity index (χ0v) is 7.40. The standard InChI is InChI=1S/C7H12N2O3/c1-4-12-7(10)6(8-11)5-9(2)3/h5H,4H2,1-3H3/b6-5-. The van der Waals surface area contributed by atoms with E-state index in [1.807, 2.05) is 0 Å². The van der Waals surface area contributed by atoms with Crippen molar-refractivity contribution in [3.05, 3.63) is 16.8 Å². The van der Waals surface area contributed by atoms with Gasteiger partial charge < -0.3 is 9.64 Å².